The summed E-state index contributed by atoms with van der Waals surface area (Å²) in [7, 11) is -4.12. The maximum absolute atomic E-state index is 14.0. The smallest absolute Gasteiger partial charge is 0.264 e. The highest BCUT2D eigenvalue weighted by Crippen LogP contribution is 2.27. The summed E-state index contributed by atoms with van der Waals surface area (Å²) in [4.78, 5) is 28.7. The highest BCUT2D eigenvalue weighted by Gasteiger charge is 2.33. The molecule has 0 aliphatic rings. The fourth-order valence-electron chi connectivity index (χ4n) is 4.32. The molecule has 3 rings (SSSR count). The van der Waals surface area contributed by atoms with Gasteiger partial charge in [0, 0.05) is 17.6 Å². The Morgan fingerprint density at radius 3 is 2.08 bits per heavy atom. The second-order valence-corrected chi connectivity index (χ2v) is 12.5. The van der Waals surface area contributed by atoms with Crippen molar-refractivity contribution in [2.24, 2.45) is 0 Å². The zero-order valence-corrected chi connectivity index (χ0v) is 25.5. The SMILES string of the molecule is CCC(C)NC(=O)C(C)N(Cc1ccccc1Cl)C(=O)CN(c1cc(C)cc(C)c1)S(=O)(=O)c1ccc(C)cc1. The molecule has 40 heavy (non-hydrogen) atoms. The molecule has 0 aliphatic heterocycles. The molecule has 1 N–H and O–H groups in total. The standard InChI is InChI=1S/C31H38ClN3O4S/c1-7-24(5)33-31(37)25(6)34(19-26-10-8-9-11-29(26)32)30(36)20-35(27-17-22(3)16-23(4)18-27)40(38,39)28-14-12-21(2)13-15-28/h8-18,24-25H,7,19-20H2,1-6H3,(H,33,37). The molecule has 0 aliphatic carbocycles. The molecule has 0 saturated heterocycles. The largest absolute Gasteiger partial charge is 0.352 e. The van der Waals surface area contributed by atoms with Gasteiger partial charge in [0.2, 0.25) is 11.8 Å². The minimum absolute atomic E-state index is 0.0405. The highest BCUT2D eigenvalue weighted by atomic mass is 35.5. The van der Waals surface area contributed by atoms with Crippen LogP contribution in [0.25, 0.3) is 0 Å². The number of aryl methyl sites for hydroxylation is 3. The van der Waals surface area contributed by atoms with Crippen LogP contribution >= 0.6 is 11.6 Å². The number of rotatable bonds is 11. The van der Waals surface area contributed by atoms with E-state index in [0.29, 0.717) is 16.3 Å². The second-order valence-electron chi connectivity index (χ2n) is 10.3. The van der Waals surface area contributed by atoms with Crippen LogP contribution in [0.2, 0.25) is 5.02 Å². The molecule has 2 unspecified atom stereocenters. The Balaban J connectivity index is 2.07. The van der Waals surface area contributed by atoms with E-state index in [4.69, 9.17) is 11.6 Å². The summed E-state index contributed by atoms with van der Waals surface area (Å²) in [6.45, 7) is 10.7. The van der Waals surface area contributed by atoms with Gasteiger partial charge in [-0.2, -0.15) is 0 Å². The van der Waals surface area contributed by atoms with Gasteiger partial charge in [-0.1, -0.05) is 60.5 Å². The number of halogens is 1. The Morgan fingerprint density at radius 2 is 1.50 bits per heavy atom. The van der Waals surface area contributed by atoms with E-state index in [1.54, 1.807) is 55.5 Å². The van der Waals surface area contributed by atoms with Crippen molar-refractivity contribution in [3.63, 3.8) is 0 Å². The third-order valence-electron chi connectivity index (χ3n) is 6.85. The number of nitrogens with one attached hydrogen (secondary N) is 1. The number of benzene rings is 3. The van der Waals surface area contributed by atoms with Crippen molar-refractivity contribution in [2.45, 2.75) is 71.5 Å². The van der Waals surface area contributed by atoms with Gasteiger partial charge in [0.15, 0.2) is 0 Å². The molecule has 3 aromatic rings. The van der Waals surface area contributed by atoms with E-state index in [2.05, 4.69) is 5.32 Å². The van der Waals surface area contributed by atoms with Crippen LogP contribution in [0.1, 0.15) is 49.4 Å². The van der Waals surface area contributed by atoms with E-state index in [0.717, 1.165) is 27.4 Å². The quantitative estimate of drug-likeness (QED) is 0.309. The van der Waals surface area contributed by atoms with Crippen LogP contribution in [-0.2, 0) is 26.2 Å². The van der Waals surface area contributed by atoms with Gasteiger partial charge >= 0.3 is 0 Å². The summed E-state index contributed by atoms with van der Waals surface area (Å²) < 4.78 is 29.1. The van der Waals surface area contributed by atoms with Crippen molar-refractivity contribution in [1.29, 1.82) is 0 Å². The number of carbonyl (C=O) groups excluding carboxylic acids is 2. The maximum atomic E-state index is 14.0. The van der Waals surface area contributed by atoms with E-state index in [1.807, 2.05) is 40.7 Å². The topological polar surface area (TPSA) is 86.8 Å². The average Bonchev–Trinajstić information content (AvgIpc) is 2.90. The van der Waals surface area contributed by atoms with Gasteiger partial charge in [-0.3, -0.25) is 13.9 Å². The van der Waals surface area contributed by atoms with Crippen LogP contribution in [0.4, 0.5) is 5.69 Å². The van der Waals surface area contributed by atoms with Crippen LogP contribution in [0.15, 0.2) is 71.6 Å². The highest BCUT2D eigenvalue weighted by molar-refractivity contribution is 7.92. The third kappa shape index (κ3) is 7.64. The molecule has 0 saturated carbocycles. The van der Waals surface area contributed by atoms with Gasteiger partial charge < -0.3 is 10.2 Å². The molecule has 0 bridgehead atoms. The van der Waals surface area contributed by atoms with Crippen molar-refractivity contribution in [2.75, 3.05) is 10.8 Å². The van der Waals surface area contributed by atoms with E-state index < -0.39 is 28.5 Å². The normalized spacial score (nSPS) is 12.9. The molecule has 9 heteroatoms. The molecule has 2 atom stereocenters. The molecule has 0 fully saturated rings. The summed E-state index contributed by atoms with van der Waals surface area (Å²) in [6, 6.07) is 18.1. The molecule has 3 aromatic carbocycles. The first-order chi connectivity index (χ1) is 18.8. The fraction of sp³-hybridized carbons (Fsp3) is 0.355. The lowest BCUT2D eigenvalue weighted by atomic mass is 10.1. The van der Waals surface area contributed by atoms with Crippen LogP contribution in [0, 0.1) is 20.8 Å². The lowest BCUT2D eigenvalue weighted by Gasteiger charge is -2.32. The zero-order valence-electron chi connectivity index (χ0n) is 23.9. The van der Waals surface area contributed by atoms with Gasteiger partial charge in [0.1, 0.15) is 12.6 Å². The Morgan fingerprint density at radius 1 is 0.900 bits per heavy atom. The molecule has 7 nitrogen and oxygen atoms in total. The Hall–Kier alpha value is -3.36. The third-order valence-corrected chi connectivity index (χ3v) is 9.01. The molecule has 0 aromatic heterocycles. The number of hydrogen-bond donors (Lipinski definition) is 1. The van der Waals surface area contributed by atoms with Crippen LogP contribution in [0.3, 0.4) is 0 Å². The summed E-state index contributed by atoms with van der Waals surface area (Å²) in [5.74, 6) is -0.851. The first-order valence-electron chi connectivity index (χ1n) is 13.3. The summed E-state index contributed by atoms with van der Waals surface area (Å²) >= 11 is 6.42. The lowest BCUT2D eigenvalue weighted by Crippen LogP contribution is -2.52. The monoisotopic (exact) mass is 583 g/mol. The van der Waals surface area contributed by atoms with Crippen molar-refractivity contribution in [1.82, 2.24) is 10.2 Å². The van der Waals surface area contributed by atoms with Crippen LogP contribution < -0.4 is 9.62 Å². The minimum atomic E-state index is -4.12. The van der Waals surface area contributed by atoms with Gasteiger partial charge in [-0.15, -0.1) is 0 Å². The second kappa shape index (κ2) is 13.3. The Kier molecular flexibility index (Phi) is 10.4. The van der Waals surface area contributed by atoms with Gasteiger partial charge in [0.25, 0.3) is 10.0 Å². The first kappa shape index (κ1) is 31.2. The first-order valence-corrected chi connectivity index (χ1v) is 15.2. The van der Waals surface area contributed by atoms with Gasteiger partial charge in [0.05, 0.1) is 10.6 Å². The minimum Gasteiger partial charge on any atom is -0.352 e. The van der Waals surface area contributed by atoms with E-state index in [-0.39, 0.29) is 23.4 Å². The maximum Gasteiger partial charge on any atom is 0.264 e. The summed E-state index contributed by atoms with van der Waals surface area (Å²) in [5.41, 5.74) is 3.67. The van der Waals surface area contributed by atoms with E-state index in [1.165, 1.54) is 17.0 Å². The number of carbonyl (C=O) groups is 2. The van der Waals surface area contributed by atoms with E-state index >= 15 is 0 Å². The summed E-state index contributed by atoms with van der Waals surface area (Å²) in [5, 5.41) is 3.38. The Bertz CT molecular complexity index is 1440. The lowest BCUT2D eigenvalue weighted by molar-refractivity contribution is -0.139. The molecular formula is C31H38ClN3O4S. The molecule has 0 spiro atoms. The van der Waals surface area contributed by atoms with Gasteiger partial charge in [-0.25, -0.2) is 8.42 Å². The predicted molar refractivity (Wildman–Crippen MR) is 161 cm³/mol. The van der Waals surface area contributed by atoms with Crippen molar-refractivity contribution >= 4 is 39.1 Å². The number of anilines is 1. The molecular weight excluding hydrogens is 546 g/mol. The summed E-state index contributed by atoms with van der Waals surface area (Å²) in [6.07, 6.45) is 0.728. The van der Waals surface area contributed by atoms with Crippen molar-refractivity contribution in [3.8, 4) is 0 Å². The van der Waals surface area contributed by atoms with Crippen LogP contribution in [-0.4, -0.2) is 43.8 Å². The average molecular weight is 584 g/mol. The fourth-order valence-corrected chi connectivity index (χ4v) is 5.91. The number of hydrogen-bond acceptors (Lipinski definition) is 4. The van der Waals surface area contributed by atoms with Gasteiger partial charge in [-0.05, 0) is 88.1 Å². The zero-order chi connectivity index (χ0) is 29.6. The number of amides is 2. The molecule has 0 heterocycles. The van der Waals surface area contributed by atoms with E-state index in [9.17, 15) is 18.0 Å². The number of sulfonamides is 1. The predicted octanol–water partition coefficient (Wildman–Crippen LogP) is 5.79. The Labute approximate surface area is 243 Å². The van der Waals surface area contributed by atoms with Crippen LogP contribution in [0.5, 0.6) is 0 Å². The molecule has 0 radical (unpaired) electrons. The molecule has 2 amide bonds. The number of nitrogens with zero attached hydrogens (tertiary/aromatic N) is 2. The van der Waals surface area contributed by atoms with Crippen molar-refractivity contribution < 1.29 is 18.0 Å². The molecule has 214 valence electrons. The van der Waals surface area contributed by atoms with Crippen molar-refractivity contribution in [3.05, 3.63) is 94.0 Å².